The highest BCUT2D eigenvalue weighted by atomic mass is 127. The van der Waals surface area contributed by atoms with Crippen LogP contribution in [0.2, 0.25) is 0 Å². The van der Waals surface area contributed by atoms with E-state index in [0.717, 1.165) is 0 Å². The van der Waals surface area contributed by atoms with E-state index in [1.807, 2.05) is 0 Å². The lowest BCUT2D eigenvalue weighted by molar-refractivity contribution is -0.121. The van der Waals surface area contributed by atoms with Crippen molar-refractivity contribution in [3.8, 4) is 0 Å². The molecule has 1 aliphatic rings. The normalized spacial score (nSPS) is 21.7. The Hall–Kier alpha value is -1.25. The first kappa shape index (κ1) is 15.1. The molecular formula is C13H13F2IN2O2. The summed E-state index contributed by atoms with van der Waals surface area (Å²) >= 11 is 1.58. The maximum atomic E-state index is 13.5. The van der Waals surface area contributed by atoms with Crippen LogP contribution in [0.3, 0.4) is 0 Å². The number of hydrogen-bond acceptors (Lipinski definition) is 2. The lowest BCUT2D eigenvalue weighted by atomic mass is 9.95. The van der Waals surface area contributed by atoms with Gasteiger partial charge in [-0.1, -0.05) is 0 Å². The van der Waals surface area contributed by atoms with Gasteiger partial charge < -0.3 is 10.6 Å². The Kier molecular flexibility index (Phi) is 4.56. The molecule has 1 fully saturated rings. The summed E-state index contributed by atoms with van der Waals surface area (Å²) in [6.45, 7) is 1.70. The molecule has 7 heteroatoms. The summed E-state index contributed by atoms with van der Waals surface area (Å²) in [4.78, 5) is 22.7. The number of hydrogen-bond donors (Lipinski definition) is 2. The molecule has 20 heavy (non-hydrogen) atoms. The maximum Gasteiger partial charge on any atom is 0.227 e. The highest BCUT2D eigenvalue weighted by Crippen LogP contribution is 2.29. The molecule has 2 amide bonds. The summed E-state index contributed by atoms with van der Waals surface area (Å²) in [6, 6.07) is 2.16. The maximum absolute atomic E-state index is 13.5. The smallest absolute Gasteiger partial charge is 0.227 e. The van der Waals surface area contributed by atoms with Gasteiger partial charge in [-0.15, -0.1) is 0 Å². The Morgan fingerprint density at radius 2 is 2.05 bits per heavy atom. The molecule has 1 heterocycles. The third-order valence-corrected chi connectivity index (χ3v) is 4.22. The molecule has 2 rings (SSSR count). The molecule has 2 N–H and O–H groups in total. The van der Waals surface area contributed by atoms with Crippen molar-refractivity contribution in [2.75, 3.05) is 6.54 Å². The molecule has 0 aliphatic carbocycles. The van der Waals surface area contributed by atoms with Crippen molar-refractivity contribution in [2.45, 2.75) is 25.3 Å². The predicted octanol–water partition coefficient (Wildman–Crippen LogP) is 1.68. The molecule has 0 spiro atoms. The number of carbonyl (C=O) groups is 2. The van der Waals surface area contributed by atoms with Gasteiger partial charge in [-0.25, -0.2) is 8.78 Å². The quantitative estimate of drug-likeness (QED) is 0.606. The molecule has 4 nitrogen and oxygen atoms in total. The minimum atomic E-state index is -0.668. The lowest BCUT2D eigenvalue weighted by Gasteiger charge is -2.10. The Balaban J connectivity index is 2.14. The van der Waals surface area contributed by atoms with Gasteiger partial charge in [0.15, 0.2) is 0 Å². The van der Waals surface area contributed by atoms with E-state index < -0.39 is 17.6 Å². The third-order valence-electron chi connectivity index (χ3n) is 3.19. The van der Waals surface area contributed by atoms with Crippen molar-refractivity contribution >= 4 is 34.4 Å². The van der Waals surface area contributed by atoms with Crippen LogP contribution in [0.4, 0.5) is 8.78 Å². The zero-order chi connectivity index (χ0) is 14.9. The summed E-state index contributed by atoms with van der Waals surface area (Å²) < 4.78 is 27.0. The Bertz CT molecular complexity index is 542. The Morgan fingerprint density at radius 3 is 2.60 bits per heavy atom. The molecule has 0 saturated carbocycles. The zero-order valence-electron chi connectivity index (χ0n) is 10.7. The number of amides is 2. The topological polar surface area (TPSA) is 58.2 Å². The van der Waals surface area contributed by atoms with Crippen LogP contribution in [-0.2, 0) is 9.59 Å². The molecule has 1 unspecified atom stereocenters. The van der Waals surface area contributed by atoms with Gasteiger partial charge in [-0.2, -0.15) is 0 Å². The van der Waals surface area contributed by atoms with E-state index in [9.17, 15) is 18.4 Å². The molecule has 0 bridgehead atoms. The van der Waals surface area contributed by atoms with Crippen LogP contribution in [0.1, 0.15) is 24.8 Å². The van der Waals surface area contributed by atoms with Crippen molar-refractivity contribution in [1.29, 1.82) is 0 Å². The van der Waals surface area contributed by atoms with E-state index in [2.05, 4.69) is 10.6 Å². The van der Waals surface area contributed by atoms with Crippen LogP contribution in [0.5, 0.6) is 0 Å². The van der Waals surface area contributed by atoms with E-state index in [0.29, 0.717) is 18.5 Å². The first-order valence-electron chi connectivity index (χ1n) is 6.07. The van der Waals surface area contributed by atoms with Gasteiger partial charge in [0.05, 0.1) is 9.49 Å². The number of benzene rings is 1. The fourth-order valence-corrected chi connectivity index (χ4v) is 2.53. The van der Waals surface area contributed by atoms with Crippen LogP contribution in [0.15, 0.2) is 12.1 Å². The average molecular weight is 394 g/mol. The molecule has 108 valence electrons. The number of nitrogens with one attached hydrogen (secondary N) is 2. The average Bonchev–Trinajstić information content (AvgIpc) is 2.74. The molecular weight excluding hydrogens is 381 g/mol. The molecule has 1 aliphatic heterocycles. The SMILES string of the molecule is CC(=O)NC[C@@H]1CC(c2cc(F)c(I)c(F)c2)C(=O)N1. The summed E-state index contributed by atoms with van der Waals surface area (Å²) in [5.41, 5.74) is 0.322. The van der Waals surface area contributed by atoms with Gasteiger partial charge in [0.25, 0.3) is 0 Å². The lowest BCUT2D eigenvalue weighted by Crippen LogP contribution is -2.37. The standard InChI is InChI=1S/C13H13F2IN2O2/c1-6(19)17-5-8-4-9(13(20)18-8)7-2-10(14)12(16)11(15)3-7/h2-3,8-9H,4-5H2,1H3,(H,17,19)(H,18,20)/t8-,9?/m0/s1. The minimum Gasteiger partial charge on any atom is -0.354 e. The van der Waals surface area contributed by atoms with Crippen LogP contribution in [-0.4, -0.2) is 24.4 Å². The number of rotatable bonds is 3. The summed E-state index contributed by atoms with van der Waals surface area (Å²) in [7, 11) is 0. The Labute approximate surface area is 128 Å². The van der Waals surface area contributed by atoms with Gasteiger partial charge in [0.2, 0.25) is 11.8 Å². The van der Waals surface area contributed by atoms with E-state index in [4.69, 9.17) is 0 Å². The minimum absolute atomic E-state index is 0.0837. The number of carbonyl (C=O) groups excluding carboxylic acids is 2. The van der Waals surface area contributed by atoms with Crippen molar-refractivity contribution in [1.82, 2.24) is 10.6 Å². The molecule has 0 radical (unpaired) electrons. The summed E-state index contributed by atoms with van der Waals surface area (Å²) in [5, 5.41) is 5.32. The van der Waals surface area contributed by atoms with E-state index in [1.54, 1.807) is 22.6 Å². The molecule has 1 aromatic rings. The fraction of sp³-hybridized carbons (Fsp3) is 0.385. The van der Waals surface area contributed by atoms with Gasteiger partial charge in [0, 0.05) is 19.5 Å². The van der Waals surface area contributed by atoms with Gasteiger partial charge >= 0.3 is 0 Å². The second-order valence-corrected chi connectivity index (χ2v) is 5.81. The number of halogens is 3. The van der Waals surface area contributed by atoms with Gasteiger partial charge in [-0.05, 0) is 46.7 Å². The molecule has 2 atom stereocenters. The monoisotopic (exact) mass is 394 g/mol. The Morgan fingerprint density at radius 1 is 1.45 bits per heavy atom. The first-order valence-corrected chi connectivity index (χ1v) is 7.15. The van der Waals surface area contributed by atoms with E-state index in [1.165, 1.54) is 19.1 Å². The highest BCUT2D eigenvalue weighted by Gasteiger charge is 2.33. The van der Waals surface area contributed by atoms with Crippen molar-refractivity contribution in [2.24, 2.45) is 0 Å². The van der Waals surface area contributed by atoms with Crippen molar-refractivity contribution in [3.05, 3.63) is 32.9 Å². The second kappa shape index (κ2) is 6.02. The van der Waals surface area contributed by atoms with Crippen LogP contribution >= 0.6 is 22.6 Å². The fourth-order valence-electron chi connectivity index (χ4n) is 2.22. The highest BCUT2D eigenvalue weighted by molar-refractivity contribution is 14.1. The largest absolute Gasteiger partial charge is 0.354 e. The van der Waals surface area contributed by atoms with E-state index >= 15 is 0 Å². The van der Waals surface area contributed by atoms with Crippen molar-refractivity contribution < 1.29 is 18.4 Å². The molecule has 1 saturated heterocycles. The zero-order valence-corrected chi connectivity index (χ0v) is 12.8. The van der Waals surface area contributed by atoms with Gasteiger partial charge in [-0.3, -0.25) is 9.59 Å². The van der Waals surface area contributed by atoms with E-state index in [-0.39, 0.29) is 21.4 Å². The molecule has 1 aromatic carbocycles. The summed E-state index contributed by atoms with van der Waals surface area (Å²) in [6.07, 6.45) is 0.401. The van der Waals surface area contributed by atoms with Gasteiger partial charge in [0.1, 0.15) is 11.6 Å². The van der Waals surface area contributed by atoms with Crippen LogP contribution in [0, 0.1) is 15.2 Å². The van der Waals surface area contributed by atoms with Crippen LogP contribution in [0.25, 0.3) is 0 Å². The predicted molar refractivity (Wildman–Crippen MR) is 77.0 cm³/mol. The van der Waals surface area contributed by atoms with Crippen molar-refractivity contribution in [3.63, 3.8) is 0 Å². The molecule has 0 aromatic heterocycles. The second-order valence-electron chi connectivity index (χ2n) is 4.73. The van der Waals surface area contributed by atoms with Crippen LogP contribution < -0.4 is 10.6 Å². The third kappa shape index (κ3) is 3.25. The summed E-state index contributed by atoms with van der Waals surface area (Å²) in [5.74, 6) is -2.39. The first-order chi connectivity index (χ1) is 9.38.